The molecule has 66 valence electrons. The molecule has 0 amide bonds. The highest BCUT2D eigenvalue weighted by atomic mass is 127. The maximum absolute atomic E-state index is 5.35. The monoisotopic (exact) mass is 270 g/mol. The van der Waals surface area contributed by atoms with Gasteiger partial charge in [0.05, 0.1) is 16.1 Å². The summed E-state index contributed by atoms with van der Waals surface area (Å²) < 4.78 is 11.2. The zero-order chi connectivity index (χ0) is 8.27. The third-order valence-corrected chi connectivity index (χ3v) is 3.90. The molecule has 0 bridgehead atoms. The first-order valence-corrected chi connectivity index (χ1v) is 5.23. The lowest BCUT2D eigenvalue weighted by molar-refractivity contribution is 0.00277. The summed E-state index contributed by atoms with van der Waals surface area (Å²) in [5.41, 5.74) is 0. The van der Waals surface area contributed by atoms with Gasteiger partial charge in [-0.1, -0.05) is 22.6 Å². The van der Waals surface area contributed by atoms with E-state index >= 15 is 0 Å². The van der Waals surface area contributed by atoms with E-state index in [9.17, 15) is 0 Å². The Kier molecular flexibility index (Phi) is 4.09. The van der Waals surface area contributed by atoms with Crippen LogP contribution in [0.15, 0.2) is 0 Å². The van der Waals surface area contributed by atoms with Gasteiger partial charge >= 0.3 is 0 Å². The van der Waals surface area contributed by atoms with E-state index < -0.39 is 0 Å². The Morgan fingerprint density at radius 2 is 1.55 bits per heavy atom. The van der Waals surface area contributed by atoms with Gasteiger partial charge in [-0.05, 0) is 19.3 Å². The van der Waals surface area contributed by atoms with Gasteiger partial charge in [0.1, 0.15) is 0 Å². The van der Waals surface area contributed by atoms with E-state index in [1.807, 2.05) is 0 Å². The van der Waals surface area contributed by atoms with E-state index in [0.717, 1.165) is 0 Å². The maximum Gasteiger partial charge on any atom is 0.0714 e. The lowest BCUT2D eigenvalue weighted by Gasteiger charge is -2.32. The number of alkyl halides is 1. The van der Waals surface area contributed by atoms with Gasteiger partial charge in [0, 0.05) is 14.2 Å². The molecule has 2 nitrogen and oxygen atoms in total. The van der Waals surface area contributed by atoms with Crippen LogP contribution < -0.4 is 0 Å². The number of halogens is 1. The van der Waals surface area contributed by atoms with Crippen LogP contribution in [0.4, 0.5) is 0 Å². The number of rotatable bonds is 2. The molecule has 3 heteroatoms. The Morgan fingerprint density at radius 1 is 1.09 bits per heavy atom. The highest BCUT2D eigenvalue weighted by molar-refractivity contribution is 14.1. The van der Waals surface area contributed by atoms with E-state index in [4.69, 9.17) is 9.47 Å². The normalized spacial score (nSPS) is 34.1. The fourth-order valence-electron chi connectivity index (χ4n) is 1.57. The lowest BCUT2D eigenvalue weighted by Crippen LogP contribution is -2.38. The van der Waals surface area contributed by atoms with Gasteiger partial charge in [-0.3, -0.25) is 0 Å². The Balaban J connectivity index is 2.45. The number of methoxy groups -OCH3 is 2. The van der Waals surface area contributed by atoms with Crippen molar-refractivity contribution in [2.45, 2.75) is 35.4 Å². The Morgan fingerprint density at radius 3 is 1.91 bits per heavy atom. The summed E-state index contributed by atoms with van der Waals surface area (Å²) in [6, 6.07) is 0. The predicted molar refractivity (Wildman–Crippen MR) is 53.3 cm³/mol. The molecule has 0 aromatic rings. The third kappa shape index (κ3) is 2.29. The zero-order valence-corrected chi connectivity index (χ0v) is 9.21. The summed E-state index contributed by atoms with van der Waals surface area (Å²) >= 11 is 2.43. The van der Waals surface area contributed by atoms with Crippen LogP contribution in [-0.4, -0.2) is 30.4 Å². The molecule has 0 aromatic carbocycles. The van der Waals surface area contributed by atoms with Crippen molar-refractivity contribution in [1.29, 1.82) is 0 Å². The van der Waals surface area contributed by atoms with Gasteiger partial charge in [0.2, 0.25) is 0 Å². The smallest absolute Gasteiger partial charge is 0.0714 e. The summed E-state index contributed by atoms with van der Waals surface area (Å²) in [7, 11) is 3.57. The van der Waals surface area contributed by atoms with Crippen molar-refractivity contribution in [2.75, 3.05) is 14.2 Å². The van der Waals surface area contributed by atoms with Gasteiger partial charge in [-0.25, -0.2) is 0 Å². The molecule has 1 rings (SSSR count). The quantitative estimate of drug-likeness (QED) is 0.564. The van der Waals surface area contributed by atoms with Crippen molar-refractivity contribution >= 4 is 22.6 Å². The fraction of sp³-hybridized carbons (Fsp3) is 1.00. The maximum atomic E-state index is 5.35. The molecule has 0 saturated heterocycles. The summed E-state index contributed by atoms with van der Waals surface area (Å²) in [4.78, 5) is 0. The van der Waals surface area contributed by atoms with E-state index in [2.05, 4.69) is 22.6 Å². The molecule has 11 heavy (non-hydrogen) atoms. The van der Waals surface area contributed by atoms with Crippen LogP contribution in [0.3, 0.4) is 0 Å². The van der Waals surface area contributed by atoms with Crippen molar-refractivity contribution in [3.8, 4) is 0 Å². The first kappa shape index (κ1) is 9.74. The molecule has 0 N–H and O–H groups in total. The second kappa shape index (κ2) is 4.62. The Hall–Kier alpha value is 0.650. The predicted octanol–water partition coefficient (Wildman–Crippen LogP) is 2.00. The molecule has 0 unspecified atom stereocenters. The minimum Gasteiger partial charge on any atom is -0.380 e. The van der Waals surface area contributed by atoms with Gasteiger partial charge in [0.25, 0.3) is 0 Å². The molecular weight excluding hydrogens is 255 g/mol. The standard InChI is InChI=1S/C8H15IO2/c1-10-6-4-3-5-7(11-2)8(6)9/h6-8H,3-5H2,1-2H3/t6-,7-/m1/s1. The topological polar surface area (TPSA) is 18.5 Å². The average molecular weight is 270 g/mol. The van der Waals surface area contributed by atoms with Gasteiger partial charge in [0.15, 0.2) is 0 Å². The van der Waals surface area contributed by atoms with Crippen LogP contribution >= 0.6 is 22.6 Å². The molecule has 0 radical (unpaired) electrons. The highest BCUT2D eigenvalue weighted by Crippen LogP contribution is 2.28. The van der Waals surface area contributed by atoms with Crippen molar-refractivity contribution < 1.29 is 9.47 Å². The molecule has 1 saturated carbocycles. The largest absolute Gasteiger partial charge is 0.380 e. The molecule has 0 aromatic heterocycles. The van der Waals surface area contributed by atoms with E-state index in [1.165, 1.54) is 19.3 Å². The minimum absolute atomic E-state index is 0.397. The SMILES string of the molecule is CO[C@@H]1CCC[C@@H](OC)C1I. The second-order valence-electron chi connectivity index (χ2n) is 2.92. The third-order valence-electron chi connectivity index (χ3n) is 2.29. The number of hydrogen-bond acceptors (Lipinski definition) is 2. The van der Waals surface area contributed by atoms with Crippen molar-refractivity contribution in [3.63, 3.8) is 0 Å². The van der Waals surface area contributed by atoms with Gasteiger partial charge < -0.3 is 9.47 Å². The van der Waals surface area contributed by atoms with E-state index in [1.54, 1.807) is 14.2 Å². The van der Waals surface area contributed by atoms with E-state index in [0.29, 0.717) is 16.1 Å². The second-order valence-corrected chi connectivity index (χ2v) is 4.36. The zero-order valence-electron chi connectivity index (χ0n) is 7.05. The highest BCUT2D eigenvalue weighted by Gasteiger charge is 2.30. The van der Waals surface area contributed by atoms with Crippen LogP contribution in [0.5, 0.6) is 0 Å². The number of ether oxygens (including phenoxy) is 2. The minimum atomic E-state index is 0.397. The molecule has 2 atom stereocenters. The van der Waals surface area contributed by atoms with Crippen LogP contribution in [0.1, 0.15) is 19.3 Å². The Bertz CT molecular complexity index is 107. The van der Waals surface area contributed by atoms with Crippen molar-refractivity contribution in [3.05, 3.63) is 0 Å². The Labute approximate surface area is 81.8 Å². The van der Waals surface area contributed by atoms with Crippen molar-refractivity contribution in [1.82, 2.24) is 0 Å². The van der Waals surface area contributed by atoms with Crippen LogP contribution in [0.2, 0.25) is 0 Å². The molecule has 0 aliphatic heterocycles. The molecular formula is C8H15IO2. The molecule has 1 fully saturated rings. The summed E-state index contributed by atoms with van der Waals surface area (Å²) in [6.07, 6.45) is 4.40. The van der Waals surface area contributed by atoms with Crippen LogP contribution in [0.25, 0.3) is 0 Å². The summed E-state index contributed by atoms with van der Waals surface area (Å²) in [6.45, 7) is 0. The molecule has 0 heterocycles. The van der Waals surface area contributed by atoms with Crippen LogP contribution in [-0.2, 0) is 9.47 Å². The number of hydrogen-bond donors (Lipinski definition) is 0. The van der Waals surface area contributed by atoms with E-state index in [-0.39, 0.29) is 0 Å². The lowest BCUT2D eigenvalue weighted by atomic mass is 9.95. The fourth-order valence-corrected chi connectivity index (χ4v) is 2.88. The molecule has 1 aliphatic rings. The summed E-state index contributed by atoms with van der Waals surface area (Å²) in [5, 5.41) is 0. The molecule has 1 aliphatic carbocycles. The van der Waals surface area contributed by atoms with Gasteiger partial charge in [-0.15, -0.1) is 0 Å². The van der Waals surface area contributed by atoms with Gasteiger partial charge in [-0.2, -0.15) is 0 Å². The molecule has 0 spiro atoms. The van der Waals surface area contributed by atoms with Crippen molar-refractivity contribution in [2.24, 2.45) is 0 Å². The first-order chi connectivity index (χ1) is 5.29. The first-order valence-electron chi connectivity index (χ1n) is 3.99. The summed E-state index contributed by atoms with van der Waals surface area (Å²) in [5.74, 6) is 0. The van der Waals surface area contributed by atoms with Crippen LogP contribution in [0, 0.1) is 0 Å². The average Bonchev–Trinajstić information content (AvgIpc) is 2.05.